The van der Waals surface area contributed by atoms with Crippen LogP contribution < -0.4 is 0 Å². The van der Waals surface area contributed by atoms with E-state index in [-0.39, 0.29) is 24.4 Å². The molecule has 174 valence electrons. The SMILES string of the molecule is CC1CCCCC1N1C(=O)C(=O)N(CC(=O)N2CCC(c3nc4ccccc4s3)CC2)C1=O. The number of hydrogen-bond donors (Lipinski definition) is 0. The second kappa shape index (κ2) is 8.85. The number of imide groups is 2. The van der Waals surface area contributed by atoms with Gasteiger partial charge >= 0.3 is 17.8 Å². The van der Waals surface area contributed by atoms with Gasteiger partial charge in [0.2, 0.25) is 5.91 Å². The Hall–Kier alpha value is -2.81. The molecule has 2 saturated heterocycles. The molecule has 3 heterocycles. The van der Waals surface area contributed by atoms with E-state index >= 15 is 0 Å². The zero-order chi connectivity index (χ0) is 23.1. The number of fused-ring (bicyclic) bond motifs is 1. The minimum atomic E-state index is -0.879. The van der Waals surface area contributed by atoms with Gasteiger partial charge in [0.25, 0.3) is 0 Å². The van der Waals surface area contributed by atoms with Crippen molar-refractivity contribution in [3.63, 3.8) is 0 Å². The van der Waals surface area contributed by atoms with E-state index in [1.807, 2.05) is 25.1 Å². The quantitative estimate of drug-likeness (QED) is 0.507. The number of rotatable bonds is 4. The molecule has 3 aliphatic rings. The summed E-state index contributed by atoms with van der Waals surface area (Å²) in [5.74, 6) is -1.50. The molecule has 5 amide bonds. The molecular weight excluding hydrogens is 440 g/mol. The standard InChI is InChI=1S/C24H28N4O4S/c1-15-6-2-4-8-18(15)28-23(31)22(30)27(24(28)32)14-20(29)26-12-10-16(11-13-26)21-25-17-7-3-5-9-19(17)33-21/h3,5,7,9,15-16,18H,2,4,6,8,10-14H2,1H3. The number of piperidine rings is 1. The highest BCUT2D eigenvalue weighted by atomic mass is 32.1. The van der Waals surface area contributed by atoms with Crippen LogP contribution in [0, 0.1) is 5.92 Å². The van der Waals surface area contributed by atoms with Crippen molar-refractivity contribution in [2.45, 2.75) is 57.4 Å². The van der Waals surface area contributed by atoms with Crippen molar-refractivity contribution < 1.29 is 19.2 Å². The predicted molar refractivity (Wildman–Crippen MR) is 124 cm³/mol. The Balaban J connectivity index is 1.20. The largest absolute Gasteiger partial charge is 0.341 e. The third-order valence-corrected chi connectivity index (χ3v) is 8.48. The van der Waals surface area contributed by atoms with Crippen LogP contribution in [0.15, 0.2) is 24.3 Å². The van der Waals surface area contributed by atoms with Crippen LogP contribution in [0.1, 0.15) is 56.4 Å². The highest BCUT2D eigenvalue weighted by Gasteiger charge is 2.49. The second-order valence-electron chi connectivity index (χ2n) is 9.35. The molecule has 1 aliphatic carbocycles. The van der Waals surface area contributed by atoms with Gasteiger partial charge in [-0.2, -0.15) is 0 Å². The summed E-state index contributed by atoms with van der Waals surface area (Å²) in [6, 6.07) is 7.17. The average molecular weight is 469 g/mol. The molecule has 0 spiro atoms. The summed E-state index contributed by atoms with van der Waals surface area (Å²) in [5, 5.41) is 1.09. The van der Waals surface area contributed by atoms with Crippen LogP contribution in [0.4, 0.5) is 4.79 Å². The van der Waals surface area contributed by atoms with Gasteiger partial charge in [0.1, 0.15) is 6.54 Å². The highest BCUT2D eigenvalue weighted by molar-refractivity contribution is 7.18. The number of urea groups is 1. The van der Waals surface area contributed by atoms with E-state index in [1.165, 1.54) is 4.70 Å². The molecule has 5 rings (SSSR count). The van der Waals surface area contributed by atoms with Crippen molar-refractivity contribution in [2.24, 2.45) is 5.92 Å². The molecule has 9 heteroatoms. The van der Waals surface area contributed by atoms with E-state index < -0.39 is 17.8 Å². The molecule has 0 N–H and O–H groups in total. The average Bonchev–Trinajstić information content (AvgIpc) is 3.35. The molecule has 0 radical (unpaired) electrons. The minimum absolute atomic E-state index is 0.164. The molecule has 1 saturated carbocycles. The van der Waals surface area contributed by atoms with E-state index in [0.717, 1.165) is 52.4 Å². The van der Waals surface area contributed by atoms with Crippen LogP contribution in [-0.4, -0.2) is 69.1 Å². The molecule has 1 aromatic heterocycles. The first-order valence-electron chi connectivity index (χ1n) is 11.8. The number of likely N-dealkylation sites (tertiary alicyclic amines) is 1. The lowest BCUT2D eigenvalue weighted by atomic mass is 9.85. The van der Waals surface area contributed by atoms with Gasteiger partial charge in [-0.25, -0.2) is 14.7 Å². The molecule has 1 aromatic carbocycles. The van der Waals surface area contributed by atoms with E-state index in [9.17, 15) is 19.2 Å². The lowest BCUT2D eigenvalue weighted by Crippen LogP contribution is -2.48. The maximum Gasteiger partial charge on any atom is 0.334 e. The number of amides is 5. The van der Waals surface area contributed by atoms with Gasteiger partial charge in [0.15, 0.2) is 0 Å². The third kappa shape index (κ3) is 4.03. The lowest BCUT2D eigenvalue weighted by molar-refractivity contribution is -0.146. The fourth-order valence-corrected chi connectivity index (χ4v) is 6.45. The summed E-state index contributed by atoms with van der Waals surface area (Å²) in [5.41, 5.74) is 1.00. The summed E-state index contributed by atoms with van der Waals surface area (Å²) in [6.45, 7) is 2.74. The molecular formula is C24H28N4O4S. The van der Waals surface area contributed by atoms with Crippen LogP contribution in [0.5, 0.6) is 0 Å². The molecule has 3 fully saturated rings. The number of para-hydroxylation sites is 1. The van der Waals surface area contributed by atoms with Crippen molar-refractivity contribution in [1.29, 1.82) is 0 Å². The van der Waals surface area contributed by atoms with Gasteiger partial charge in [0.05, 0.1) is 15.2 Å². The Morgan fingerprint density at radius 3 is 2.48 bits per heavy atom. The molecule has 8 nitrogen and oxygen atoms in total. The van der Waals surface area contributed by atoms with Crippen molar-refractivity contribution in [3.05, 3.63) is 29.3 Å². The maximum absolute atomic E-state index is 12.9. The smallest absolute Gasteiger partial charge is 0.334 e. The van der Waals surface area contributed by atoms with Crippen molar-refractivity contribution >= 4 is 45.3 Å². The molecule has 2 unspecified atom stereocenters. The second-order valence-corrected chi connectivity index (χ2v) is 10.4. The third-order valence-electron chi connectivity index (χ3n) is 7.28. The molecule has 2 aliphatic heterocycles. The van der Waals surface area contributed by atoms with Crippen LogP contribution in [0.25, 0.3) is 10.2 Å². The number of carbonyl (C=O) groups excluding carboxylic acids is 4. The van der Waals surface area contributed by atoms with Crippen LogP contribution in [0.2, 0.25) is 0 Å². The van der Waals surface area contributed by atoms with E-state index in [0.29, 0.717) is 25.4 Å². The molecule has 33 heavy (non-hydrogen) atoms. The molecule has 0 bridgehead atoms. The normalized spacial score (nSPS) is 24.9. The fraction of sp³-hybridized carbons (Fsp3) is 0.542. The summed E-state index contributed by atoms with van der Waals surface area (Å²) < 4.78 is 1.17. The summed E-state index contributed by atoms with van der Waals surface area (Å²) in [6.07, 6.45) is 5.22. The number of nitrogens with zero attached hydrogens (tertiary/aromatic N) is 4. The van der Waals surface area contributed by atoms with Crippen LogP contribution >= 0.6 is 11.3 Å². The Morgan fingerprint density at radius 2 is 1.76 bits per heavy atom. The highest BCUT2D eigenvalue weighted by Crippen LogP contribution is 2.34. The van der Waals surface area contributed by atoms with E-state index in [2.05, 4.69) is 6.07 Å². The number of aromatic nitrogens is 1. The van der Waals surface area contributed by atoms with Gasteiger partial charge in [-0.15, -0.1) is 11.3 Å². The van der Waals surface area contributed by atoms with Gasteiger partial charge in [0, 0.05) is 25.0 Å². The van der Waals surface area contributed by atoms with E-state index in [1.54, 1.807) is 16.2 Å². The van der Waals surface area contributed by atoms with Gasteiger partial charge in [-0.1, -0.05) is 31.9 Å². The van der Waals surface area contributed by atoms with Crippen molar-refractivity contribution in [3.8, 4) is 0 Å². The molecule has 2 aromatic rings. The first-order chi connectivity index (χ1) is 15.9. The zero-order valence-electron chi connectivity index (χ0n) is 18.7. The Morgan fingerprint density at radius 1 is 1.03 bits per heavy atom. The number of carbonyl (C=O) groups is 4. The Bertz CT molecular complexity index is 1070. The summed E-state index contributed by atoms with van der Waals surface area (Å²) in [7, 11) is 0. The summed E-state index contributed by atoms with van der Waals surface area (Å²) >= 11 is 1.70. The number of benzene rings is 1. The van der Waals surface area contributed by atoms with Gasteiger partial charge in [-0.3, -0.25) is 19.3 Å². The Labute approximate surface area is 196 Å². The van der Waals surface area contributed by atoms with Crippen LogP contribution in [0.3, 0.4) is 0 Å². The predicted octanol–water partition coefficient (Wildman–Crippen LogP) is 3.37. The number of thiazole rings is 1. The zero-order valence-corrected chi connectivity index (χ0v) is 19.6. The van der Waals surface area contributed by atoms with Crippen molar-refractivity contribution in [1.82, 2.24) is 19.7 Å². The summed E-state index contributed by atoms with van der Waals surface area (Å²) in [4.78, 5) is 59.4. The Kier molecular flexibility index (Phi) is 5.90. The maximum atomic E-state index is 12.9. The topological polar surface area (TPSA) is 90.9 Å². The monoisotopic (exact) mass is 468 g/mol. The minimum Gasteiger partial charge on any atom is -0.341 e. The van der Waals surface area contributed by atoms with E-state index in [4.69, 9.17) is 4.98 Å². The number of hydrogen-bond acceptors (Lipinski definition) is 6. The fourth-order valence-electron chi connectivity index (χ4n) is 5.31. The van der Waals surface area contributed by atoms with Gasteiger partial charge < -0.3 is 4.90 Å². The first kappa shape index (κ1) is 22.0. The first-order valence-corrected chi connectivity index (χ1v) is 12.6. The lowest BCUT2D eigenvalue weighted by Gasteiger charge is -2.34. The van der Waals surface area contributed by atoms with Crippen molar-refractivity contribution in [2.75, 3.05) is 19.6 Å². The molecule has 2 atom stereocenters. The van der Waals surface area contributed by atoms with Crippen LogP contribution in [-0.2, 0) is 14.4 Å². The van der Waals surface area contributed by atoms with Gasteiger partial charge in [-0.05, 0) is 43.7 Å².